The molecule has 2 heterocycles. The topological polar surface area (TPSA) is 73.8 Å². The van der Waals surface area contributed by atoms with E-state index in [4.69, 9.17) is 0 Å². The van der Waals surface area contributed by atoms with Crippen LogP contribution in [0.3, 0.4) is 0 Å². The zero-order valence-corrected chi connectivity index (χ0v) is 14.0. The van der Waals surface area contributed by atoms with E-state index in [1.807, 2.05) is 16.7 Å². The maximum atomic E-state index is 13.4. The van der Waals surface area contributed by atoms with Gasteiger partial charge in [-0.15, -0.1) is 0 Å². The highest BCUT2D eigenvalue weighted by molar-refractivity contribution is 5.69. The molecule has 4 aromatic rings. The van der Waals surface area contributed by atoms with Gasteiger partial charge in [0.1, 0.15) is 11.6 Å². The predicted octanol–water partition coefficient (Wildman–Crippen LogP) is 4.65. The van der Waals surface area contributed by atoms with E-state index in [-0.39, 0.29) is 11.5 Å². The van der Waals surface area contributed by atoms with Crippen molar-refractivity contribution in [2.45, 2.75) is 0 Å². The minimum Gasteiger partial charge on any atom is -0.292 e. The largest absolute Gasteiger partial charge is 0.292 e. The van der Waals surface area contributed by atoms with Gasteiger partial charge in [-0.1, -0.05) is 0 Å². The van der Waals surface area contributed by atoms with Gasteiger partial charge in [0.15, 0.2) is 0 Å². The number of hydrogen-bond donors (Lipinski definition) is 0. The quantitative estimate of drug-likeness (QED) is 0.392. The van der Waals surface area contributed by atoms with Crippen LogP contribution in [0, 0.1) is 15.9 Å². The summed E-state index contributed by atoms with van der Waals surface area (Å²) >= 11 is 0. The maximum absolute atomic E-state index is 13.4. The lowest BCUT2D eigenvalue weighted by Gasteiger charge is -2.12. The van der Waals surface area contributed by atoms with Crippen LogP contribution < -0.4 is 0 Å². The molecule has 2 aromatic carbocycles. The lowest BCUT2D eigenvalue weighted by Crippen LogP contribution is -2.00. The first-order chi connectivity index (χ1) is 13.1. The number of imidazole rings is 1. The van der Waals surface area contributed by atoms with E-state index >= 15 is 0 Å². The Morgan fingerprint density at radius 1 is 0.889 bits per heavy atom. The van der Waals surface area contributed by atoms with E-state index in [2.05, 4.69) is 9.97 Å². The number of nitrogens with zero attached hydrogens (tertiary/aromatic N) is 4. The third-order valence-corrected chi connectivity index (χ3v) is 4.16. The summed E-state index contributed by atoms with van der Waals surface area (Å²) < 4.78 is 15.3. The third kappa shape index (κ3) is 3.18. The van der Waals surface area contributed by atoms with Crippen LogP contribution >= 0.6 is 0 Å². The van der Waals surface area contributed by atoms with Crippen molar-refractivity contribution < 1.29 is 9.31 Å². The molecule has 2 aromatic heterocycles. The van der Waals surface area contributed by atoms with Crippen molar-refractivity contribution in [3.05, 3.63) is 95.2 Å². The number of nitro benzene ring substituents is 1. The molecule has 0 radical (unpaired) electrons. The highest BCUT2D eigenvalue weighted by Crippen LogP contribution is 2.30. The fourth-order valence-corrected chi connectivity index (χ4v) is 2.87. The van der Waals surface area contributed by atoms with Crippen LogP contribution in [0.5, 0.6) is 0 Å². The van der Waals surface area contributed by atoms with Crippen LogP contribution in [0.15, 0.2) is 79.3 Å². The molecule has 0 aliphatic rings. The number of halogens is 1. The van der Waals surface area contributed by atoms with Gasteiger partial charge < -0.3 is 0 Å². The highest BCUT2D eigenvalue weighted by atomic mass is 19.1. The smallest absolute Gasteiger partial charge is 0.269 e. The summed E-state index contributed by atoms with van der Waals surface area (Å²) in [7, 11) is 0. The van der Waals surface area contributed by atoms with Gasteiger partial charge in [-0.25, -0.2) is 9.37 Å². The second-order valence-corrected chi connectivity index (χ2v) is 5.82. The first-order valence-corrected chi connectivity index (χ1v) is 8.12. The van der Waals surface area contributed by atoms with Gasteiger partial charge >= 0.3 is 0 Å². The van der Waals surface area contributed by atoms with Crippen molar-refractivity contribution in [3.63, 3.8) is 0 Å². The fraction of sp³-hybridized carbons (Fsp3) is 0. The molecule has 0 unspecified atom stereocenters. The molecule has 4 rings (SSSR count). The molecule has 27 heavy (non-hydrogen) atoms. The van der Waals surface area contributed by atoms with Crippen molar-refractivity contribution in [1.29, 1.82) is 0 Å². The first-order valence-electron chi connectivity index (χ1n) is 8.12. The lowest BCUT2D eigenvalue weighted by molar-refractivity contribution is -0.384. The molecule has 0 saturated carbocycles. The van der Waals surface area contributed by atoms with E-state index in [9.17, 15) is 14.5 Å². The van der Waals surface area contributed by atoms with Crippen molar-refractivity contribution in [2.75, 3.05) is 0 Å². The summed E-state index contributed by atoms with van der Waals surface area (Å²) in [6.45, 7) is 0. The average molecular weight is 360 g/mol. The first kappa shape index (κ1) is 16.6. The normalized spacial score (nSPS) is 10.7. The molecule has 132 valence electrons. The van der Waals surface area contributed by atoms with Crippen molar-refractivity contribution in [2.24, 2.45) is 0 Å². The average Bonchev–Trinajstić information content (AvgIpc) is 3.14. The van der Waals surface area contributed by atoms with Gasteiger partial charge in [0.25, 0.3) is 5.69 Å². The number of benzene rings is 2. The van der Waals surface area contributed by atoms with Gasteiger partial charge in [0.05, 0.1) is 16.8 Å². The van der Waals surface area contributed by atoms with Gasteiger partial charge in [0, 0.05) is 41.3 Å². The van der Waals surface area contributed by atoms with Crippen LogP contribution in [-0.4, -0.2) is 19.5 Å². The van der Waals surface area contributed by atoms with Gasteiger partial charge in [-0.05, 0) is 48.5 Å². The Balaban J connectivity index is 1.90. The Morgan fingerprint density at radius 3 is 2.19 bits per heavy atom. The Morgan fingerprint density at radius 2 is 1.56 bits per heavy atom. The molecule has 7 heteroatoms. The summed E-state index contributed by atoms with van der Waals surface area (Å²) in [5.74, 6) is 0.268. The number of rotatable bonds is 4. The molecule has 0 N–H and O–H groups in total. The Hall–Kier alpha value is -3.87. The van der Waals surface area contributed by atoms with Crippen LogP contribution in [-0.2, 0) is 0 Å². The lowest BCUT2D eigenvalue weighted by atomic mass is 10.1. The number of hydrogen-bond acceptors (Lipinski definition) is 4. The SMILES string of the molecule is O=[N+]([O-])c1ccc(-c2ncc(-c3ccncc3)n2-c2ccc(F)cc2)cc1. The fourth-order valence-electron chi connectivity index (χ4n) is 2.87. The monoisotopic (exact) mass is 360 g/mol. The minimum atomic E-state index is -0.446. The molecule has 6 nitrogen and oxygen atoms in total. The van der Waals surface area contributed by atoms with Crippen molar-refractivity contribution >= 4 is 5.69 Å². The zero-order valence-electron chi connectivity index (χ0n) is 14.0. The number of pyridine rings is 1. The number of non-ortho nitro benzene ring substituents is 1. The third-order valence-electron chi connectivity index (χ3n) is 4.16. The van der Waals surface area contributed by atoms with Gasteiger partial charge in [0.2, 0.25) is 0 Å². The molecular formula is C20H13FN4O2. The minimum absolute atomic E-state index is 0.00740. The molecule has 0 fully saturated rings. The molecule has 0 atom stereocenters. The van der Waals surface area contributed by atoms with Crippen LogP contribution in [0.4, 0.5) is 10.1 Å². The maximum Gasteiger partial charge on any atom is 0.269 e. The summed E-state index contributed by atoms with van der Waals surface area (Å²) in [4.78, 5) is 19.0. The second-order valence-electron chi connectivity index (χ2n) is 5.82. The molecular weight excluding hydrogens is 347 g/mol. The predicted molar refractivity (Wildman–Crippen MR) is 98.8 cm³/mol. The van der Waals surface area contributed by atoms with Crippen molar-refractivity contribution in [1.82, 2.24) is 14.5 Å². The zero-order chi connectivity index (χ0) is 18.8. The van der Waals surface area contributed by atoms with E-state index < -0.39 is 4.92 Å². The van der Waals surface area contributed by atoms with E-state index in [1.165, 1.54) is 24.3 Å². The van der Waals surface area contributed by atoms with E-state index in [1.54, 1.807) is 42.9 Å². The van der Waals surface area contributed by atoms with Gasteiger partial charge in [-0.3, -0.25) is 19.7 Å². The molecule has 0 amide bonds. The number of nitro groups is 1. The number of aromatic nitrogens is 3. The Labute approximate surface area is 153 Å². The van der Waals surface area contributed by atoms with Crippen molar-refractivity contribution in [3.8, 4) is 28.3 Å². The van der Waals surface area contributed by atoms with Crippen LogP contribution in [0.1, 0.15) is 0 Å². The van der Waals surface area contributed by atoms with E-state index in [0.717, 1.165) is 16.9 Å². The van der Waals surface area contributed by atoms with Crippen LogP contribution in [0.2, 0.25) is 0 Å². The Bertz CT molecular complexity index is 1090. The molecule has 0 aliphatic heterocycles. The second kappa shape index (κ2) is 6.80. The van der Waals surface area contributed by atoms with E-state index in [0.29, 0.717) is 11.4 Å². The summed E-state index contributed by atoms with van der Waals surface area (Å²) in [5, 5.41) is 10.9. The molecule has 0 aliphatic carbocycles. The molecule has 0 saturated heterocycles. The summed E-state index contributed by atoms with van der Waals surface area (Å²) in [6.07, 6.45) is 5.08. The summed E-state index contributed by atoms with van der Waals surface area (Å²) in [5.41, 5.74) is 3.15. The molecule has 0 spiro atoms. The summed E-state index contributed by atoms with van der Waals surface area (Å²) in [6, 6.07) is 16.0. The Kier molecular flexibility index (Phi) is 4.18. The highest BCUT2D eigenvalue weighted by Gasteiger charge is 2.16. The molecule has 0 bridgehead atoms. The van der Waals surface area contributed by atoms with Gasteiger partial charge in [-0.2, -0.15) is 0 Å². The standard InChI is InChI=1S/C20H13FN4O2/c21-16-3-7-17(8-4-16)24-19(14-9-11-22-12-10-14)13-23-20(24)15-1-5-18(6-2-15)25(26)27/h1-13H. The van der Waals surface area contributed by atoms with Crippen LogP contribution in [0.25, 0.3) is 28.3 Å².